The lowest BCUT2D eigenvalue weighted by Gasteiger charge is -2.21. The summed E-state index contributed by atoms with van der Waals surface area (Å²) in [5.41, 5.74) is 9.44. The molecule has 0 spiro atoms. The molecule has 2 aromatic rings. The van der Waals surface area contributed by atoms with Crippen LogP contribution in [0.4, 0.5) is 5.69 Å². The number of nitrogens with two attached hydrogens (primary N) is 1. The minimum Gasteiger partial charge on any atom is -0.324 e. The Morgan fingerprint density at radius 1 is 1.06 bits per heavy atom. The molecule has 0 heterocycles. The van der Waals surface area contributed by atoms with Gasteiger partial charge in [0.1, 0.15) is 0 Å². The Labute approximate surface area is 186 Å². The van der Waals surface area contributed by atoms with E-state index in [1.807, 2.05) is 6.07 Å². The summed E-state index contributed by atoms with van der Waals surface area (Å²) in [4.78, 5) is 17.4. The van der Waals surface area contributed by atoms with E-state index in [0.717, 1.165) is 36.1 Å². The maximum Gasteiger partial charge on any atom is 0.270 e. The Balaban J connectivity index is 1.77. The van der Waals surface area contributed by atoms with Crippen LogP contribution in [-0.2, 0) is 6.54 Å². The van der Waals surface area contributed by atoms with Gasteiger partial charge in [-0.15, -0.1) is 0 Å². The number of aliphatic imine (C=N–C) groups is 1. The van der Waals surface area contributed by atoms with Crippen molar-refractivity contribution < 1.29 is 4.92 Å². The van der Waals surface area contributed by atoms with Gasteiger partial charge in [0.05, 0.1) is 11.5 Å². The van der Waals surface area contributed by atoms with Gasteiger partial charge in [0.15, 0.2) is 0 Å². The van der Waals surface area contributed by atoms with Gasteiger partial charge in [-0.3, -0.25) is 15.1 Å². The van der Waals surface area contributed by atoms with Gasteiger partial charge in [-0.2, -0.15) is 0 Å². The molecule has 6 heteroatoms. The minimum atomic E-state index is -0.397. The fourth-order valence-corrected chi connectivity index (χ4v) is 3.68. The van der Waals surface area contributed by atoms with Crippen LogP contribution in [0.3, 0.4) is 0 Å². The highest BCUT2D eigenvalue weighted by molar-refractivity contribution is 5.80. The van der Waals surface area contributed by atoms with Crippen LogP contribution < -0.4 is 5.73 Å². The first-order valence-electron chi connectivity index (χ1n) is 11.3. The third-order valence-electron chi connectivity index (χ3n) is 5.32. The molecule has 0 aliphatic rings. The van der Waals surface area contributed by atoms with E-state index in [2.05, 4.69) is 48.0 Å². The third kappa shape index (κ3) is 8.99. The largest absolute Gasteiger partial charge is 0.324 e. The highest BCUT2D eigenvalue weighted by Gasteiger charge is 2.08. The van der Waals surface area contributed by atoms with Crippen LogP contribution in [0.2, 0.25) is 0 Å². The monoisotopic (exact) mass is 424 g/mol. The van der Waals surface area contributed by atoms with Gasteiger partial charge in [0, 0.05) is 24.4 Å². The van der Waals surface area contributed by atoms with Crippen molar-refractivity contribution in [3.05, 3.63) is 75.3 Å². The van der Waals surface area contributed by atoms with Crippen LogP contribution >= 0.6 is 0 Å². The van der Waals surface area contributed by atoms with E-state index < -0.39 is 4.92 Å². The summed E-state index contributed by atoms with van der Waals surface area (Å²) < 4.78 is 0. The number of hydrogen-bond donors (Lipinski definition) is 1. The van der Waals surface area contributed by atoms with Crippen LogP contribution in [0.1, 0.15) is 68.7 Å². The van der Waals surface area contributed by atoms with Crippen LogP contribution in [0.25, 0.3) is 0 Å². The van der Waals surface area contributed by atoms with Gasteiger partial charge in [0.2, 0.25) is 0 Å². The topological polar surface area (TPSA) is 84.8 Å². The van der Waals surface area contributed by atoms with E-state index in [4.69, 9.17) is 5.73 Å². The highest BCUT2D eigenvalue weighted by atomic mass is 16.6. The van der Waals surface area contributed by atoms with Crippen LogP contribution in [0.5, 0.6) is 0 Å². The lowest BCUT2D eigenvalue weighted by molar-refractivity contribution is -0.384. The van der Waals surface area contributed by atoms with Crippen molar-refractivity contribution in [3.63, 3.8) is 0 Å². The van der Waals surface area contributed by atoms with E-state index in [1.54, 1.807) is 12.3 Å². The summed E-state index contributed by atoms with van der Waals surface area (Å²) in [5, 5.41) is 10.8. The number of benzene rings is 2. The molecule has 0 radical (unpaired) electrons. The average Bonchev–Trinajstić information content (AvgIpc) is 2.77. The SMILES string of the molecule is CCCN(CCC)CCCCC(N)c1ccc(CN=Cc2cccc([N+](=O)[O-])c2)cc1. The Hall–Kier alpha value is -2.57. The Morgan fingerprint density at radius 2 is 1.77 bits per heavy atom. The Kier molecular flexibility index (Phi) is 10.9. The number of nitro groups is 1. The second kappa shape index (κ2) is 13.7. The van der Waals surface area contributed by atoms with Gasteiger partial charge in [-0.1, -0.05) is 56.7 Å². The Bertz CT molecular complexity index is 815. The van der Waals surface area contributed by atoms with Gasteiger partial charge in [-0.25, -0.2) is 0 Å². The number of non-ortho nitro benzene ring substituents is 1. The molecule has 31 heavy (non-hydrogen) atoms. The minimum absolute atomic E-state index is 0.0632. The molecule has 6 nitrogen and oxygen atoms in total. The summed E-state index contributed by atoms with van der Waals surface area (Å²) >= 11 is 0. The molecule has 0 fully saturated rings. The van der Waals surface area contributed by atoms with E-state index >= 15 is 0 Å². The smallest absolute Gasteiger partial charge is 0.270 e. The quantitative estimate of drug-likeness (QED) is 0.188. The first-order valence-corrected chi connectivity index (χ1v) is 11.3. The molecule has 2 rings (SSSR count). The number of nitro benzene ring substituents is 1. The first-order chi connectivity index (χ1) is 15.0. The number of nitrogens with zero attached hydrogens (tertiary/aromatic N) is 3. The predicted octanol–water partition coefficient (Wildman–Crippen LogP) is 5.51. The maximum absolute atomic E-state index is 10.8. The molecule has 0 saturated carbocycles. The molecule has 0 amide bonds. The van der Waals surface area contributed by atoms with Crippen molar-refractivity contribution in [2.45, 2.75) is 58.5 Å². The molecular formula is C25H36N4O2. The summed E-state index contributed by atoms with van der Waals surface area (Å²) in [6, 6.07) is 14.8. The average molecular weight is 425 g/mol. The van der Waals surface area contributed by atoms with E-state index in [9.17, 15) is 10.1 Å². The van der Waals surface area contributed by atoms with Crippen molar-refractivity contribution >= 4 is 11.9 Å². The zero-order chi connectivity index (χ0) is 22.5. The van der Waals surface area contributed by atoms with Gasteiger partial charge < -0.3 is 10.6 Å². The molecule has 1 unspecified atom stereocenters. The predicted molar refractivity (Wildman–Crippen MR) is 129 cm³/mol. The summed E-state index contributed by atoms with van der Waals surface area (Å²) in [5.74, 6) is 0. The molecule has 2 aromatic carbocycles. The van der Waals surface area contributed by atoms with Crippen molar-refractivity contribution in [1.82, 2.24) is 4.90 Å². The van der Waals surface area contributed by atoms with E-state index in [-0.39, 0.29) is 11.7 Å². The third-order valence-corrected chi connectivity index (χ3v) is 5.32. The lowest BCUT2D eigenvalue weighted by atomic mass is 10.0. The molecule has 0 bridgehead atoms. The van der Waals surface area contributed by atoms with Crippen molar-refractivity contribution in [2.24, 2.45) is 10.7 Å². The molecule has 0 aromatic heterocycles. The second-order valence-corrected chi connectivity index (χ2v) is 8.01. The molecule has 0 saturated heterocycles. The molecule has 0 aliphatic heterocycles. The molecule has 2 N–H and O–H groups in total. The summed E-state index contributed by atoms with van der Waals surface area (Å²) in [7, 11) is 0. The highest BCUT2D eigenvalue weighted by Crippen LogP contribution is 2.18. The standard InChI is InChI=1S/C25H36N4O2/c1-3-15-28(16-4-2)17-6-5-10-25(26)23-13-11-21(12-14-23)19-27-20-22-8-7-9-24(18-22)29(30)31/h7-9,11-14,18,20,25H,3-6,10,15-17,19,26H2,1-2H3. The molecule has 1 atom stereocenters. The van der Waals surface area contributed by atoms with Crippen LogP contribution in [0, 0.1) is 10.1 Å². The molecule has 168 valence electrons. The number of rotatable bonds is 14. The van der Waals surface area contributed by atoms with Crippen molar-refractivity contribution in [1.29, 1.82) is 0 Å². The first kappa shape index (κ1) is 24.7. The molecular weight excluding hydrogens is 388 g/mol. The van der Waals surface area contributed by atoms with Crippen LogP contribution in [-0.4, -0.2) is 35.7 Å². The molecule has 0 aliphatic carbocycles. The van der Waals surface area contributed by atoms with Crippen molar-refractivity contribution in [3.8, 4) is 0 Å². The second-order valence-electron chi connectivity index (χ2n) is 8.01. The van der Waals surface area contributed by atoms with Gasteiger partial charge in [-0.05, 0) is 62.0 Å². The number of unbranched alkanes of at least 4 members (excludes halogenated alkanes) is 1. The zero-order valence-electron chi connectivity index (χ0n) is 18.9. The van der Waals surface area contributed by atoms with E-state index in [1.165, 1.54) is 44.5 Å². The van der Waals surface area contributed by atoms with Gasteiger partial charge in [0.25, 0.3) is 5.69 Å². The normalized spacial score (nSPS) is 12.5. The van der Waals surface area contributed by atoms with Gasteiger partial charge >= 0.3 is 0 Å². The van der Waals surface area contributed by atoms with Crippen LogP contribution in [0.15, 0.2) is 53.5 Å². The summed E-state index contributed by atoms with van der Waals surface area (Å²) in [6.07, 6.45) is 7.42. The maximum atomic E-state index is 10.8. The Morgan fingerprint density at radius 3 is 2.42 bits per heavy atom. The summed E-state index contributed by atoms with van der Waals surface area (Å²) in [6.45, 7) is 8.54. The van der Waals surface area contributed by atoms with Crippen molar-refractivity contribution in [2.75, 3.05) is 19.6 Å². The fourth-order valence-electron chi connectivity index (χ4n) is 3.68. The fraction of sp³-hybridized carbons (Fsp3) is 0.480. The number of hydrogen-bond acceptors (Lipinski definition) is 5. The van der Waals surface area contributed by atoms with E-state index in [0.29, 0.717) is 6.54 Å². The zero-order valence-corrected chi connectivity index (χ0v) is 18.9. The lowest BCUT2D eigenvalue weighted by Crippen LogP contribution is -2.26.